The minimum Gasteiger partial charge on any atom is -0.391 e. The van der Waals surface area contributed by atoms with Crippen molar-refractivity contribution in [3.63, 3.8) is 0 Å². The number of likely N-dealkylation sites (tertiary alicyclic amines) is 1. The summed E-state index contributed by atoms with van der Waals surface area (Å²) in [6, 6.07) is 7.87. The van der Waals surface area contributed by atoms with Gasteiger partial charge in [-0.25, -0.2) is 9.97 Å². The Morgan fingerprint density at radius 2 is 2.08 bits per heavy atom. The normalized spacial score (nSPS) is 20.9. The lowest BCUT2D eigenvalue weighted by molar-refractivity contribution is 0.149. The van der Waals surface area contributed by atoms with E-state index in [1.165, 1.54) is 4.90 Å². The van der Waals surface area contributed by atoms with Crippen molar-refractivity contribution in [3.8, 4) is 0 Å². The third-order valence-electron chi connectivity index (χ3n) is 4.89. The first-order chi connectivity index (χ1) is 12.6. The summed E-state index contributed by atoms with van der Waals surface area (Å²) in [5.41, 5.74) is 4.09. The van der Waals surface area contributed by atoms with E-state index in [9.17, 15) is 5.11 Å². The molecule has 0 radical (unpaired) electrons. The topological polar surface area (TPSA) is 65.0 Å². The molecule has 0 aliphatic carbocycles. The van der Waals surface area contributed by atoms with Gasteiger partial charge < -0.3 is 10.1 Å². The number of hydrogen-bond acceptors (Lipinski definition) is 5. The molecule has 1 aromatic carbocycles. The van der Waals surface area contributed by atoms with Gasteiger partial charge in [0, 0.05) is 53.0 Å². The Hall–Kier alpha value is -1.60. The molecule has 2 aromatic heterocycles. The average molecular weight is 389 g/mol. The van der Waals surface area contributed by atoms with Crippen molar-refractivity contribution in [3.05, 3.63) is 53.1 Å². The van der Waals surface area contributed by atoms with Crippen molar-refractivity contribution in [2.75, 3.05) is 18.8 Å². The summed E-state index contributed by atoms with van der Waals surface area (Å²) < 4.78 is 0. The molecule has 4 rings (SSSR count). The maximum absolute atomic E-state index is 10.5. The van der Waals surface area contributed by atoms with Gasteiger partial charge in [-0.15, -0.1) is 11.8 Å². The van der Waals surface area contributed by atoms with Gasteiger partial charge in [0.2, 0.25) is 0 Å². The van der Waals surface area contributed by atoms with Gasteiger partial charge in [-0.3, -0.25) is 4.90 Å². The van der Waals surface area contributed by atoms with E-state index in [1.807, 2.05) is 37.4 Å². The average Bonchev–Trinajstić information content (AvgIpc) is 3.19. The predicted octanol–water partition coefficient (Wildman–Crippen LogP) is 3.50. The number of halogens is 1. The fourth-order valence-electron chi connectivity index (χ4n) is 3.45. The summed E-state index contributed by atoms with van der Waals surface area (Å²) in [5.74, 6) is 1.16. The lowest BCUT2D eigenvalue weighted by Crippen LogP contribution is -2.21. The highest BCUT2D eigenvalue weighted by atomic mass is 35.5. The van der Waals surface area contributed by atoms with Gasteiger partial charge in [0.05, 0.1) is 22.8 Å². The standard InChI is InChI=1S/C19H21ClN4OS/c1-12-18-19(23-11-22-12)13(6-21-18)7-24-8-14(17(25)9-24)10-26-16-4-2-15(20)3-5-16/h2-6,11,14,17,21,25H,7-10H2,1H3/t14-,17?/m1/s1. The Morgan fingerprint density at radius 1 is 1.27 bits per heavy atom. The van der Waals surface area contributed by atoms with E-state index in [1.54, 1.807) is 18.1 Å². The van der Waals surface area contributed by atoms with E-state index in [0.717, 1.165) is 46.2 Å². The van der Waals surface area contributed by atoms with Crippen LogP contribution in [0.4, 0.5) is 0 Å². The molecule has 0 bridgehead atoms. The first-order valence-corrected chi connectivity index (χ1v) is 10.0. The number of nitrogens with zero attached hydrogens (tertiary/aromatic N) is 3. The summed E-state index contributed by atoms with van der Waals surface area (Å²) in [4.78, 5) is 15.4. The minimum absolute atomic E-state index is 0.261. The Kier molecular flexibility index (Phi) is 5.18. The third-order valence-corrected chi connectivity index (χ3v) is 6.34. The van der Waals surface area contributed by atoms with Crippen molar-refractivity contribution >= 4 is 34.4 Å². The number of aryl methyl sites for hydroxylation is 1. The molecule has 1 unspecified atom stereocenters. The van der Waals surface area contributed by atoms with Crippen molar-refractivity contribution in [2.24, 2.45) is 5.92 Å². The molecule has 0 amide bonds. The smallest absolute Gasteiger partial charge is 0.116 e. The highest BCUT2D eigenvalue weighted by Crippen LogP contribution is 2.29. The SMILES string of the molecule is Cc1ncnc2c(CN3CC(O)[C@@H](CSc4ccc(Cl)cc4)C3)c[nH]c12. The second-order valence-electron chi connectivity index (χ2n) is 6.78. The summed E-state index contributed by atoms with van der Waals surface area (Å²) >= 11 is 7.71. The molecule has 3 heterocycles. The number of benzene rings is 1. The third kappa shape index (κ3) is 3.74. The Bertz CT molecular complexity index is 898. The van der Waals surface area contributed by atoms with E-state index >= 15 is 0 Å². The van der Waals surface area contributed by atoms with E-state index < -0.39 is 0 Å². The van der Waals surface area contributed by atoms with Crippen LogP contribution in [0.5, 0.6) is 0 Å². The summed E-state index contributed by atoms with van der Waals surface area (Å²) in [7, 11) is 0. The first kappa shape index (κ1) is 17.8. The minimum atomic E-state index is -0.295. The number of aliphatic hydroxyl groups excluding tert-OH is 1. The fraction of sp³-hybridized carbons (Fsp3) is 0.368. The number of aliphatic hydroxyl groups is 1. The van der Waals surface area contributed by atoms with Crippen molar-refractivity contribution in [1.29, 1.82) is 0 Å². The number of hydrogen-bond donors (Lipinski definition) is 2. The first-order valence-electron chi connectivity index (χ1n) is 8.66. The van der Waals surface area contributed by atoms with Crippen LogP contribution in [-0.2, 0) is 6.54 Å². The van der Waals surface area contributed by atoms with Gasteiger partial charge >= 0.3 is 0 Å². The molecule has 0 saturated carbocycles. The Balaban J connectivity index is 1.38. The van der Waals surface area contributed by atoms with E-state index in [0.29, 0.717) is 6.54 Å². The van der Waals surface area contributed by atoms with Crippen LogP contribution >= 0.6 is 23.4 Å². The molecule has 0 spiro atoms. The van der Waals surface area contributed by atoms with Gasteiger partial charge in [-0.05, 0) is 31.2 Å². The van der Waals surface area contributed by atoms with Gasteiger partial charge in [0.25, 0.3) is 0 Å². The van der Waals surface area contributed by atoms with Crippen molar-refractivity contribution in [1.82, 2.24) is 19.9 Å². The zero-order chi connectivity index (χ0) is 18.1. The molecule has 1 fully saturated rings. The van der Waals surface area contributed by atoms with Crippen LogP contribution < -0.4 is 0 Å². The van der Waals surface area contributed by atoms with E-state index in [2.05, 4.69) is 19.9 Å². The van der Waals surface area contributed by atoms with Crippen LogP contribution in [0.3, 0.4) is 0 Å². The highest BCUT2D eigenvalue weighted by Gasteiger charge is 2.31. The number of rotatable bonds is 5. The lowest BCUT2D eigenvalue weighted by Gasteiger charge is -2.15. The van der Waals surface area contributed by atoms with E-state index in [-0.39, 0.29) is 12.0 Å². The molecular formula is C19H21ClN4OS. The second-order valence-corrected chi connectivity index (χ2v) is 8.31. The molecular weight excluding hydrogens is 368 g/mol. The number of H-pyrrole nitrogens is 1. The van der Waals surface area contributed by atoms with Gasteiger partial charge in [-0.1, -0.05) is 11.6 Å². The predicted molar refractivity (Wildman–Crippen MR) is 106 cm³/mol. The molecule has 3 aromatic rings. The van der Waals surface area contributed by atoms with E-state index in [4.69, 9.17) is 11.6 Å². The second kappa shape index (κ2) is 7.56. The van der Waals surface area contributed by atoms with Crippen LogP contribution in [0.25, 0.3) is 11.0 Å². The van der Waals surface area contributed by atoms with Crippen LogP contribution in [0.15, 0.2) is 41.7 Å². The molecule has 1 aliphatic heterocycles. The quantitative estimate of drug-likeness (QED) is 0.655. The van der Waals surface area contributed by atoms with Gasteiger partial charge in [0.1, 0.15) is 6.33 Å². The molecule has 5 nitrogen and oxygen atoms in total. The number of aromatic nitrogens is 3. The number of nitrogens with one attached hydrogen (secondary N) is 1. The molecule has 26 heavy (non-hydrogen) atoms. The maximum atomic E-state index is 10.5. The lowest BCUT2D eigenvalue weighted by atomic mass is 10.1. The molecule has 7 heteroatoms. The van der Waals surface area contributed by atoms with Crippen LogP contribution in [0, 0.1) is 12.8 Å². The zero-order valence-electron chi connectivity index (χ0n) is 14.5. The Labute approximate surface area is 161 Å². The van der Waals surface area contributed by atoms with Crippen LogP contribution in [0.2, 0.25) is 5.02 Å². The molecule has 136 valence electrons. The van der Waals surface area contributed by atoms with Gasteiger partial charge in [0.15, 0.2) is 0 Å². The van der Waals surface area contributed by atoms with Crippen molar-refractivity contribution in [2.45, 2.75) is 24.5 Å². The molecule has 2 atom stereocenters. The Morgan fingerprint density at radius 3 is 2.88 bits per heavy atom. The molecule has 2 N–H and O–H groups in total. The van der Waals surface area contributed by atoms with Crippen LogP contribution in [0.1, 0.15) is 11.3 Å². The molecule has 1 saturated heterocycles. The number of β-amino-alcohol motifs (C(OH)–C–C–N with tert-alkyl or cyclic N) is 1. The number of thioether (sulfide) groups is 1. The largest absolute Gasteiger partial charge is 0.391 e. The number of aromatic amines is 1. The molecule has 1 aliphatic rings. The van der Waals surface area contributed by atoms with Crippen LogP contribution in [-0.4, -0.2) is 49.9 Å². The monoisotopic (exact) mass is 388 g/mol. The zero-order valence-corrected chi connectivity index (χ0v) is 16.1. The summed E-state index contributed by atoms with van der Waals surface area (Å²) in [6.45, 7) is 4.35. The number of fused-ring (bicyclic) bond motifs is 1. The summed E-state index contributed by atoms with van der Waals surface area (Å²) in [6.07, 6.45) is 3.32. The highest BCUT2D eigenvalue weighted by molar-refractivity contribution is 7.99. The van der Waals surface area contributed by atoms with Gasteiger partial charge in [-0.2, -0.15) is 0 Å². The summed E-state index contributed by atoms with van der Waals surface area (Å²) in [5, 5.41) is 11.2. The maximum Gasteiger partial charge on any atom is 0.116 e. The van der Waals surface area contributed by atoms with Crippen molar-refractivity contribution < 1.29 is 5.11 Å². The fourth-order valence-corrected chi connectivity index (χ4v) is 4.64.